The Labute approximate surface area is 86.5 Å². The van der Waals surface area contributed by atoms with Crippen molar-refractivity contribution in [2.24, 2.45) is 0 Å². The molecular formula is C10H13FN2O2. The SMILES string of the molecule is Cc1nc(C2CCCOC2)[nH]c(=O)c1F. The molecule has 5 heteroatoms. The zero-order valence-corrected chi connectivity index (χ0v) is 8.55. The Morgan fingerprint density at radius 1 is 1.60 bits per heavy atom. The van der Waals surface area contributed by atoms with Gasteiger partial charge < -0.3 is 9.72 Å². The lowest BCUT2D eigenvalue weighted by molar-refractivity contribution is 0.0778. The third-order valence-electron chi connectivity index (χ3n) is 2.59. The predicted octanol–water partition coefficient (Wildman–Crippen LogP) is 1.11. The number of nitrogens with one attached hydrogen (secondary N) is 1. The molecule has 1 unspecified atom stereocenters. The molecule has 0 aliphatic carbocycles. The van der Waals surface area contributed by atoms with E-state index in [-0.39, 0.29) is 11.6 Å². The highest BCUT2D eigenvalue weighted by atomic mass is 19.1. The summed E-state index contributed by atoms with van der Waals surface area (Å²) in [5, 5.41) is 0. The lowest BCUT2D eigenvalue weighted by atomic mass is 10.0. The van der Waals surface area contributed by atoms with Crippen LogP contribution in [0.5, 0.6) is 0 Å². The number of hydrogen-bond donors (Lipinski definition) is 1. The second kappa shape index (κ2) is 4.10. The minimum absolute atomic E-state index is 0.0887. The predicted molar refractivity (Wildman–Crippen MR) is 52.3 cm³/mol. The van der Waals surface area contributed by atoms with E-state index in [0.717, 1.165) is 19.4 Å². The van der Waals surface area contributed by atoms with Crippen LogP contribution in [-0.2, 0) is 4.74 Å². The van der Waals surface area contributed by atoms with E-state index in [2.05, 4.69) is 9.97 Å². The van der Waals surface area contributed by atoms with E-state index in [4.69, 9.17) is 4.74 Å². The fourth-order valence-corrected chi connectivity index (χ4v) is 1.74. The van der Waals surface area contributed by atoms with Gasteiger partial charge in [0.05, 0.1) is 12.3 Å². The molecule has 0 amide bonds. The van der Waals surface area contributed by atoms with Crippen LogP contribution in [0.25, 0.3) is 0 Å². The molecule has 15 heavy (non-hydrogen) atoms. The van der Waals surface area contributed by atoms with Crippen molar-refractivity contribution in [1.82, 2.24) is 9.97 Å². The number of H-pyrrole nitrogens is 1. The summed E-state index contributed by atoms with van der Waals surface area (Å²) in [5.74, 6) is -0.167. The minimum Gasteiger partial charge on any atom is -0.381 e. The van der Waals surface area contributed by atoms with Crippen molar-refractivity contribution in [3.05, 3.63) is 27.7 Å². The number of nitrogens with zero attached hydrogens (tertiary/aromatic N) is 1. The van der Waals surface area contributed by atoms with Crippen LogP contribution >= 0.6 is 0 Å². The van der Waals surface area contributed by atoms with Gasteiger partial charge in [-0.3, -0.25) is 4.79 Å². The average molecular weight is 212 g/mol. The fourth-order valence-electron chi connectivity index (χ4n) is 1.74. The molecule has 1 atom stereocenters. The Hall–Kier alpha value is -1.23. The smallest absolute Gasteiger partial charge is 0.287 e. The maximum Gasteiger partial charge on any atom is 0.287 e. The molecule has 0 bridgehead atoms. The summed E-state index contributed by atoms with van der Waals surface area (Å²) in [4.78, 5) is 17.7. The van der Waals surface area contributed by atoms with Crippen molar-refractivity contribution in [2.45, 2.75) is 25.7 Å². The van der Waals surface area contributed by atoms with E-state index in [1.807, 2.05) is 0 Å². The molecule has 0 radical (unpaired) electrons. The van der Waals surface area contributed by atoms with Crippen LogP contribution in [0, 0.1) is 12.7 Å². The van der Waals surface area contributed by atoms with Crippen molar-refractivity contribution < 1.29 is 9.13 Å². The van der Waals surface area contributed by atoms with E-state index >= 15 is 0 Å². The lowest BCUT2D eigenvalue weighted by Crippen LogP contribution is -2.24. The first-order valence-corrected chi connectivity index (χ1v) is 5.02. The van der Waals surface area contributed by atoms with Crippen LogP contribution in [0.3, 0.4) is 0 Å². The van der Waals surface area contributed by atoms with Gasteiger partial charge in [0, 0.05) is 12.5 Å². The first-order valence-electron chi connectivity index (χ1n) is 5.02. The van der Waals surface area contributed by atoms with Gasteiger partial charge in [-0.25, -0.2) is 4.98 Å². The Kier molecular flexibility index (Phi) is 2.81. The highest BCUT2D eigenvalue weighted by Gasteiger charge is 2.19. The Morgan fingerprint density at radius 2 is 2.40 bits per heavy atom. The molecule has 2 heterocycles. The molecule has 1 aromatic heterocycles. The lowest BCUT2D eigenvalue weighted by Gasteiger charge is -2.21. The van der Waals surface area contributed by atoms with Gasteiger partial charge in [-0.15, -0.1) is 0 Å². The van der Waals surface area contributed by atoms with Gasteiger partial charge in [0.25, 0.3) is 5.56 Å². The summed E-state index contributed by atoms with van der Waals surface area (Å²) in [6.07, 6.45) is 1.87. The number of ether oxygens (including phenoxy) is 1. The first kappa shape index (κ1) is 10.3. The molecular weight excluding hydrogens is 199 g/mol. The fraction of sp³-hybridized carbons (Fsp3) is 0.600. The molecule has 0 spiro atoms. The van der Waals surface area contributed by atoms with Crippen LogP contribution in [0.1, 0.15) is 30.3 Å². The Balaban J connectivity index is 2.32. The molecule has 2 rings (SSSR count). The van der Waals surface area contributed by atoms with Gasteiger partial charge in [-0.2, -0.15) is 4.39 Å². The third-order valence-corrected chi connectivity index (χ3v) is 2.59. The van der Waals surface area contributed by atoms with Crippen molar-refractivity contribution in [3.63, 3.8) is 0 Å². The summed E-state index contributed by atoms with van der Waals surface area (Å²) >= 11 is 0. The molecule has 1 aromatic rings. The third kappa shape index (κ3) is 2.07. The van der Waals surface area contributed by atoms with E-state index in [1.54, 1.807) is 0 Å². The second-order valence-electron chi connectivity index (χ2n) is 3.76. The largest absolute Gasteiger partial charge is 0.381 e. The Bertz CT molecular complexity index is 410. The highest BCUT2D eigenvalue weighted by Crippen LogP contribution is 2.21. The average Bonchev–Trinajstić information content (AvgIpc) is 2.26. The molecule has 0 aromatic carbocycles. The van der Waals surface area contributed by atoms with E-state index in [9.17, 15) is 9.18 Å². The van der Waals surface area contributed by atoms with Crippen LogP contribution in [-0.4, -0.2) is 23.2 Å². The number of hydrogen-bond acceptors (Lipinski definition) is 3. The highest BCUT2D eigenvalue weighted by molar-refractivity contribution is 5.07. The normalized spacial score (nSPS) is 21.6. The van der Waals surface area contributed by atoms with E-state index < -0.39 is 11.4 Å². The van der Waals surface area contributed by atoms with Crippen LogP contribution in [0.4, 0.5) is 4.39 Å². The molecule has 82 valence electrons. The minimum atomic E-state index is -0.796. The number of aromatic nitrogens is 2. The topological polar surface area (TPSA) is 55.0 Å². The first-order chi connectivity index (χ1) is 7.18. The van der Waals surface area contributed by atoms with Crippen molar-refractivity contribution in [1.29, 1.82) is 0 Å². The summed E-state index contributed by atoms with van der Waals surface area (Å²) in [6, 6.07) is 0. The summed E-state index contributed by atoms with van der Waals surface area (Å²) in [5.41, 5.74) is -0.539. The molecule has 0 saturated carbocycles. The molecule has 1 aliphatic heterocycles. The molecule has 1 saturated heterocycles. The van der Waals surface area contributed by atoms with E-state index in [1.165, 1.54) is 6.92 Å². The number of rotatable bonds is 1. The quantitative estimate of drug-likeness (QED) is 0.758. The summed E-state index contributed by atoms with van der Waals surface area (Å²) < 4.78 is 18.3. The van der Waals surface area contributed by atoms with E-state index in [0.29, 0.717) is 12.4 Å². The zero-order valence-electron chi connectivity index (χ0n) is 8.55. The maximum atomic E-state index is 13.0. The number of aromatic amines is 1. The van der Waals surface area contributed by atoms with Gasteiger partial charge in [0.1, 0.15) is 5.82 Å². The molecule has 1 fully saturated rings. The number of halogens is 1. The summed E-state index contributed by atoms with van der Waals surface area (Å²) in [7, 11) is 0. The van der Waals surface area contributed by atoms with Crippen molar-refractivity contribution in [3.8, 4) is 0 Å². The van der Waals surface area contributed by atoms with Crippen molar-refractivity contribution in [2.75, 3.05) is 13.2 Å². The molecule has 4 nitrogen and oxygen atoms in total. The van der Waals surface area contributed by atoms with Gasteiger partial charge in [0.15, 0.2) is 0 Å². The van der Waals surface area contributed by atoms with Crippen molar-refractivity contribution >= 4 is 0 Å². The van der Waals surface area contributed by atoms with Gasteiger partial charge in [-0.1, -0.05) is 0 Å². The zero-order chi connectivity index (χ0) is 10.8. The van der Waals surface area contributed by atoms with Gasteiger partial charge in [0.2, 0.25) is 5.82 Å². The van der Waals surface area contributed by atoms with Crippen LogP contribution in [0.2, 0.25) is 0 Å². The maximum absolute atomic E-state index is 13.0. The number of aryl methyl sites for hydroxylation is 1. The Morgan fingerprint density at radius 3 is 3.00 bits per heavy atom. The van der Waals surface area contributed by atoms with Crippen LogP contribution in [0.15, 0.2) is 4.79 Å². The van der Waals surface area contributed by atoms with Crippen LogP contribution < -0.4 is 5.56 Å². The standard InChI is InChI=1S/C10H13FN2O2/c1-6-8(11)10(14)13-9(12-6)7-3-2-4-15-5-7/h7H,2-5H2,1H3,(H,12,13,14). The monoisotopic (exact) mass is 212 g/mol. The van der Waals surface area contributed by atoms with Gasteiger partial charge in [-0.05, 0) is 19.8 Å². The summed E-state index contributed by atoms with van der Waals surface area (Å²) in [6.45, 7) is 2.80. The molecule has 1 aliphatic rings. The second-order valence-corrected chi connectivity index (χ2v) is 3.76. The van der Waals surface area contributed by atoms with Gasteiger partial charge >= 0.3 is 0 Å². The molecule has 1 N–H and O–H groups in total.